The normalized spacial score (nSPS) is 14.4. The van der Waals surface area contributed by atoms with Crippen LogP contribution in [0, 0.1) is 6.92 Å². The molecule has 0 radical (unpaired) electrons. The summed E-state index contributed by atoms with van der Waals surface area (Å²) >= 11 is 0. The van der Waals surface area contributed by atoms with E-state index >= 15 is 0 Å². The first kappa shape index (κ1) is 31.4. The van der Waals surface area contributed by atoms with Gasteiger partial charge in [-0.1, -0.05) is 103 Å². The number of aryl methyl sites for hydroxylation is 1. The number of allylic oxidation sites excluding steroid dienone is 10. The standard InChI is InChI=1S/C21H25N.C12H15N.2H2O/c1-3-4-5-10-17-22(21-11-8-6-7-9-12-21)18-20-15-13-19(2)14-16-20;1-3-7-11(8-4-1)13-12-9-5-2-6-10-12;;/h3-11,13-16H,12,17-18H2,1-2H3;1,3-4,7-9,13H,2,5-6,10H2;2*1H2/b4-3-,10-5-;;;. The summed E-state index contributed by atoms with van der Waals surface area (Å²) in [5, 5.41) is 3.44. The average Bonchev–Trinajstić information content (AvgIpc) is 3.18. The van der Waals surface area contributed by atoms with Crippen molar-refractivity contribution in [1.82, 2.24) is 4.90 Å². The second-order valence-electron chi connectivity index (χ2n) is 8.96. The van der Waals surface area contributed by atoms with E-state index in [1.54, 1.807) is 0 Å². The van der Waals surface area contributed by atoms with Crippen molar-refractivity contribution in [2.75, 3.05) is 11.9 Å². The Bertz CT molecular complexity index is 1060. The van der Waals surface area contributed by atoms with Crippen molar-refractivity contribution in [3.8, 4) is 0 Å². The van der Waals surface area contributed by atoms with Gasteiger partial charge in [0.25, 0.3) is 0 Å². The van der Waals surface area contributed by atoms with Crippen LogP contribution in [0.15, 0.2) is 127 Å². The molecule has 2 aromatic rings. The second kappa shape index (κ2) is 18.6. The monoisotopic (exact) mass is 500 g/mol. The number of hydrogen-bond acceptors (Lipinski definition) is 2. The van der Waals surface area contributed by atoms with Crippen LogP contribution in [0.5, 0.6) is 0 Å². The minimum Gasteiger partial charge on any atom is -0.412 e. The van der Waals surface area contributed by atoms with Gasteiger partial charge in [0.2, 0.25) is 0 Å². The summed E-state index contributed by atoms with van der Waals surface area (Å²) in [7, 11) is 0. The number of anilines is 1. The number of para-hydroxylation sites is 1. The zero-order valence-corrected chi connectivity index (χ0v) is 22.4. The van der Waals surface area contributed by atoms with Crippen LogP contribution < -0.4 is 5.32 Å². The second-order valence-corrected chi connectivity index (χ2v) is 8.96. The van der Waals surface area contributed by atoms with Gasteiger partial charge in [-0.25, -0.2) is 0 Å². The van der Waals surface area contributed by atoms with Crippen LogP contribution in [0.25, 0.3) is 0 Å². The lowest BCUT2D eigenvalue weighted by molar-refractivity contribution is 0.366. The Morgan fingerprint density at radius 3 is 2.38 bits per heavy atom. The van der Waals surface area contributed by atoms with Gasteiger partial charge in [0.1, 0.15) is 0 Å². The third-order valence-corrected chi connectivity index (χ3v) is 6.01. The molecular formula is C33H44N2O2. The highest BCUT2D eigenvalue weighted by Gasteiger charge is 2.08. The predicted molar refractivity (Wildman–Crippen MR) is 160 cm³/mol. The van der Waals surface area contributed by atoms with Gasteiger partial charge in [-0.05, 0) is 63.3 Å². The third-order valence-electron chi connectivity index (χ3n) is 6.01. The molecule has 0 aromatic heterocycles. The third kappa shape index (κ3) is 12.3. The maximum Gasteiger partial charge on any atom is 0.0430 e. The summed E-state index contributed by atoms with van der Waals surface area (Å²) in [6.07, 6.45) is 27.6. The molecule has 2 aromatic carbocycles. The smallest absolute Gasteiger partial charge is 0.0430 e. The van der Waals surface area contributed by atoms with E-state index in [9.17, 15) is 0 Å². The van der Waals surface area contributed by atoms with E-state index in [0.717, 1.165) is 19.5 Å². The molecular weight excluding hydrogens is 456 g/mol. The van der Waals surface area contributed by atoms with Gasteiger partial charge in [0.15, 0.2) is 0 Å². The van der Waals surface area contributed by atoms with Gasteiger partial charge in [-0.15, -0.1) is 0 Å². The molecule has 0 unspecified atom stereocenters. The fourth-order valence-corrected chi connectivity index (χ4v) is 4.03. The molecule has 4 nitrogen and oxygen atoms in total. The number of hydrogen-bond donors (Lipinski definition) is 1. The number of benzene rings is 2. The van der Waals surface area contributed by atoms with E-state index in [2.05, 4.69) is 126 Å². The summed E-state index contributed by atoms with van der Waals surface area (Å²) < 4.78 is 0. The molecule has 0 heterocycles. The van der Waals surface area contributed by atoms with E-state index < -0.39 is 0 Å². The molecule has 0 amide bonds. The quantitative estimate of drug-likeness (QED) is 0.388. The predicted octanol–water partition coefficient (Wildman–Crippen LogP) is 7.24. The summed E-state index contributed by atoms with van der Waals surface area (Å²) in [5.41, 5.74) is 6.61. The molecule has 0 saturated carbocycles. The lowest BCUT2D eigenvalue weighted by Gasteiger charge is -2.26. The number of nitrogens with one attached hydrogen (secondary N) is 1. The largest absolute Gasteiger partial charge is 0.412 e. The molecule has 0 spiro atoms. The van der Waals surface area contributed by atoms with Gasteiger partial charge in [0, 0.05) is 36.6 Å². The molecule has 2 aliphatic carbocycles. The molecule has 0 saturated heterocycles. The lowest BCUT2D eigenvalue weighted by atomic mass is 10.0. The summed E-state index contributed by atoms with van der Waals surface area (Å²) in [6.45, 7) is 6.03. The minimum absolute atomic E-state index is 0. The molecule has 4 rings (SSSR count). The Labute approximate surface area is 223 Å². The Morgan fingerprint density at radius 2 is 1.68 bits per heavy atom. The number of rotatable bonds is 8. The van der Waals surface area contributed by atoms with Crippen LogP contribution in [-0.2, 0) is 6.54 Å². The molecule has 0 bridgehead atoms. The molecule has 4 heteroatoms. The van der Waals surface area contributed by atoms with Crippen LogP contribution in [0.3, 0.4) is 0 Å². The topological polar surface area (TPSA) is 78.3 Å². The Kier molecular flexibility index (Phi) is 15.8. The van der Waals surface area contributed by atoms with Crippen molar-refractivity contribution >= 4 is 5.69 Å². The van der Waals surface area contributed by atoms with Crippen LogP contribution in [0.4, 0.5) is 5.69 Å². The van der Waals surface area contributed by atoms with Crippen LogP contribution in [-0.4, -0.2) is 22.4 Å². The van der Waals surface area contributed by atoms with Crippen LogP contribution in [0.2, 0.25) is 0 Å². The first-order valence-corrected chi connectivity index (χ1v) is 12.9. The first-order chi connectivity index (χ1) is 17.2. The summed E-state index contributed by atoms with van der Waals surface area (Å²) in [5.74, 6) is 0. The van der Waals surface area contributed by atoms with Gasteiger partial charge in [-0.2, -0.15) is 0 Å². The van der Waals surface area contributed by atoms with Gasteiger partial charge < -0.3 is 21.2 Å². The molecule has 37 heavy (non-hydrogen) atoms. The number of nitrogens with zero attached hydrogens (tertiary/aromatic N) is 1. The summed E-state index contributed by atoms with van der Waals surface area (Å²) in [4.78, 5) is 2.44. The minimum atomic E-state index is 0. The van der Waals surface area contributed by atoms with Crippen LogP contribution in [0.1, 0.15) is 50.2 Å². The van der Waals surface area contributed by atoms with E-state index in [4.69, 9.17) is 0 Å². The summed E-state index contributed by atoms with van der Waals surface area (Å²) in [6, 6.07) is 19.2. The molecule has 0 aliphatic heterocycles. The Hall–Kier alpha value is -3.60. The highest BCUT2D eigenvalue weighted by Crippen LogP contribution is 2.20. The van der Waals surface area contributed by atoms with Gasteiger partial charge >= 0.3 is 0 Å². The fourth-order valence-electron chi connectivity index (χ4n) is 4.03. The SMILES string of the molecule is C/C=C\C=C/CN(Cc1ccc(C)cc1)C1=CC=CC=CC1.C1=C(Nc2ccccc2)CCCC1.O.O. The maximum atomic E-state index is 3.44. The van der Waals surface area contributed by atoms with Gasteiger partial charge in [0.05, 0.1) is 0 Å². The highest BCUT2D eigenvalue weighted by molar-refractivity contribution is 5.47. The zero-order chi connectivity index (χ0) is 24.6. The zero-order valence-electron chi connectivity index (χ0n) is 22.4. The van der Waals surface area contributed by atoms with Crippen molar-refractivity contribution in [3.05, 3.63) is 138 Å². The molecule has 2 aliphatic rings. The van der Waals surface area contributed by atoms with Gasteiger partial charge in [-0.3, -0.25) is 0 Å². The lowest BCUT2D eigenvalue weighted by Crippen LogP contribution is -2.22. The Morgan fingerprint density at radius 1 is 0.892 bits per heavy atom. The highest BCUT2D eigenvalue weighted by atomic mass is 16.0. The van der Waals surface area contributed by atoms with E-state index in [0.29, 0.717) is 0 Å². The van der Waals surface area contributed by atoms with E-state index in [-0.39, 0.29) is 11.0 Å². The van der Waals surface area contributed by atoms with Crippen molar-refractivity contribution in [1.29, 1.82) is 0 Å². The molecule has 0 atom stereocenters. The molecule has 5 N–H and O–H groups in total. The van der Waals surface area contributed by atoms with E-state index in [1.165, 1.54) is 53.9 Å². The molecule has 0 fully saturated rings. The molecule has 198 valence electrons. The van der Waals surface area contributed by atoms with Crippen molar-refractivity contribution < 1.29 is 11.0 Å². The van der Waals surface area contributed by atoms with Crippen LogP contribution >= 0.6 is 0 Å². The fraction of sp³-hybridized carbons (Fsp3) is 0.273. The first-order valence-electron chi connectivity index (χ1n) is 12.9. The van der Waals surface area contributed by atoms with Crippen molar-refractivity contribution in [3.63, 3.8) is 0 Å². The van der Waals surface area contributed by atoms with Crippen molar-refractivity contribution in [2.24, 2.45) is 0 Å². The average molecular weight is 501 g/mol. The maximum absolute atomic E-state index is 3.44. The Balaban J connectivity index is 0.000000392. The van der Waals surface area contributed by atoms with E-state index in [1.807, 2.05) is 13.0 Å². The van der Waals surface area contributed by atoms with Crippen molar-refractivity contribution in [2.45, 2.75) is 52.5 Å².